The first kappa shape index (κ1) is 17.2. The van der Waals surface area contributed by atoms with Gasteiger partial charge < -0.3 is 5.32 Å². The minimum absolute atomic E-state index is 0.199. The number of carbonyl (C=O) groups excluding carboxylic acids is 1. The lowest BCUT2D eigenvalue weighted by Gasteiger charge is -2.07. The van der Waals surface area contributed by atoms with Crippen LogP contribution < -0.4 is 11.0 Å². The van der Waals surface area contributed by atoms with Gasteiger partial charge in [-0.05, 0) is 55.3 Å². The quantitative estimate of drug-likeness (QED) is 0.591. The van der Waals surface area contributed by atoms with Crippen molar-refractivity contribution >= 4 is 39.7 Å². The van der Waals surface area contributed by atoms with E-state index in [1.165, 1.54) is 10.7 Å². The molecule has 0 saturated carbocycles. The maximum atomic E-state index is 12.6. The van der Waals surface area contributed by atoms with E-state index < -0.39 is 5.69 Å². The van der Waals surface area contributed by atoms with Gasteiger partial charge in [-0.3, -0.25) is 4.79 Å². The molecule has 0 fully saturated rings. The molecule has 8 heteroatoms. The van der Waals surface area contributed by atoms with Gasteiger partial charge in [-0.25, -0.2) is 18.9 Å². The van der Waals surface area contributed by atoms with Crippen LogP contribution in [-0.2, 0) is 11.3 Å². The van der Waals surface area contributed by atoms with Crippen LogP contribution in [0.25, 0.3) is 16.6 Å². The predicted octanol–water partition coefficient (Wildman–Crippen LogP) is 2.95. The first-order valence-corrected chi connectivity index (χ1v) is 8.71. The van der Waals surface area contributed by atoms with Gasteiger partial charge in [-0.15, -0.1) is 5.10 Å². The number of aryl methyl sites for hydroxylation is 2. The fourth-order valence-electron chi connectivity index (χ4n) is 2.89. The van der Waals surface area contributed by atoms with Crippen molar-refractivity contribution in [3.8, 4) is 0 Å². The second-order valence-electron chi connectivity index (χ2n) is 6.39. The number of hydrogen-bond donors (Lipinski definition) is 1. The number of nitrogens with zero attached hydrogens (tertiary/aromatic N) is 4. The van der Waals surface area contributed by atoms with Gasteiger partial charge in [0.15, 0.2) is 5.65 Å². The first-order chi connectivity index (χ1) is 12.9. The summed E-state index contributed by atoms with van der Waals surface area (Å²) in [5.74, 6) is -0.334. The van der Waals surface area contributed by atoms with Crippen molar-refractivity contribution in [1.82, 2.24) is 19.2 Å². The molecule has 1 amide bonds. The number of benzene rings is 2. The van der Waals surface area contributed by atoms with E-state index in [4.69, 9.17) is 11.6 Å². The Bertz CT molecular complexity index is 1260. The Hall–Kier alpha value is -3.19. The molecule has 0 aliphatic heterocycles. The minimum Gasteiger partial charge on any atom is -0.324 e. The lowest BCUT2D eigenvalue weighted by atomic mass is 10.1. The molecular formula is C19H16ClN5O2. The maximum absolute atomic E-state index is 12.6. The highest BCUT2D eigenvalue weighted by molar-refractivity contribution is 6.31. The molecule has 0 aliphatic carbocycles. The summed E-state index contributed by atoms with van der Waals surface area (Å²) in [5.41, 5.74) is 3.54. The van der Waals surface area contributed by atoms with Crippen LogP contribution >= 0.6 is 11.6 Å². The largest absolute Gasteiger partial charge is 0.352 e. The van der Waals surface area contributed by atoms with Gasteiger partial charge >= 0.3 is 5.69 Å². The Morgan fingerprint density at radius 3 is 2.74 bits per heavy atom. The summed E-state index contributed by atoms with van der Waals surface area (Å²) < 4.78 is 2.43. The van der Waals surface area contributed by atoms with E-state index >= 15 is 0 Å². The monoisotopic (exact) mass is 381 g/mol. The average Bonchev–Trinajstić information content (AvgIpc) is 2.94. The lowest BCUT2D eigenvalue weighted by Crippen LogP contribution is -2.28. The molecule has 136 valence electrons. The third kappa shape index (κ3) is 3.17. The highest BCUT2D eigenvalue weighted by Gasteiger charge is 2.14. The Morgan fingerprint density at radius 2 is 1.96 bits per heavy atom. The molecule has 0 bridgehead atoms. The number of halogens is 1. The van der Waals surface area contributed by atoms with E-state index in [9.17, 15) is 9.59 Å². The third-order valence-corrected chi connectivity index (χ3v) is 4.70. The van der Waals surface area contributed by atoms with E-state index in [0.717, 1.165) is 15.8 Å². The van der Waals surface area contributed by atoms with Crippen LogP contribution in [0.2, 0.25) is 5.02 Å². The van der Waals surface area contributed by atoms with Crippen LogP contribution in [0.15, 0.2) is 47.5 Å². The molecule has 0 unspecified atom stereocenters. The molecule has 2 aromatic heterocycles. The van der Waals surface area contributed by atoms with Crippen LogP contribution in [-0.4, -0.2) is 25.1 Å². The molecule has 1 N–H and O–H groups in total. The number of rotatable bonds is 3. The summed E-state index contributed by atoms with van der Waals surface area (Å²) in [5, 5.41) is 8.26. The Balaban J connectivity index is 1.67. The van der Waals surface area contributed by atoms with Gasteiger partial charge in [0.25, 0.3) is 0 Å². The SMILES string of the molecule is Cc1ccc(NC(=O)Cn2nc3c4cc(Cl)ccc4ncn3c2=O)cc1C. The molecule has 7 nitrogen and oxygen atoms in total. The Labute approximate surface area is 159 Å². The van der Waals surface area contributed by atoms with Crippen LogP contribution in [0.4, 0.5) is 5.69 Å². The van der Waals surface area contributed by atoms with Crippen molar-refractivity contribution in [2.24, 2.45) is 0 Å². The number of aromatic nitrogens is 4. The fraction of sp³-hybridized carbons (Fsp3) is 0.158. The molecule has 4 rings (SSSR count). The third-order valence-electron chi connectivity index (χ3n) is 4.47. The van der Waals surface area contributed by atoms with Gasteiger partial charge in [0.2, 0.25) is 5.91 Å². The Kier molecular flexibility index (Phi) is 4.16. The molecule has 2 heterocycles. The van der Waals surface area contributed by atoms with Crippen LogP contribution in [0, 0.1) is 13.8 Å². The highest BCUT2D eigenvalue weighted by Crippen LogP contribution is 2.20. The number of carbonyl (C=O) groups is 1. The molecule has 0 saturated heterocycles. The van der Waals surface area contributed by atoms with Gasteiger partial charge in [0, 0.05) is 16.1 Å². The summed E-state index contributed by atoms with van der Waals surface area (Å²) in [4.78, 5) is 29.2. The van der Waals surface area contributed by atoms with Crippen molar-refractivity contribution in [2.75, 3.05) is 5.32 Å². The van der Waals surface area contributed by atoms with Gasteiger partial charge in [-0.1, -0.05) is 17.7 Å². The van der Waals surface area contributed by atoms with Gasteiger partial charge in [0.1, 0.15) is 12.9 Å². The summed E-state index contributed by atoms with van der Waals surface area (Å²) in [6.07, 6.45) is 1.40. The summed E-state index contributed by atoms with van der Waals surface area (Å²) in [6.45, 7) is 3.78. The number of amides is 1. The number of anilines is 1. The number of hydrogen-bond acceptors (Lipinski definition) is 4. The zero-order valence-electron chi connectivity index (χ0n) is 14.7. The van der Waals surface area contributed by atoms with Gasteiger partial charge in [-0.2, -0.15) is 0 Å². The second-order valence-corrected chi connectivity index (χ2v) is 6.82. The van der Waals surface area contributed by atoms with Crippen LogP contribution in [0.5, 0.6) is 0 Å². The van der Waals surface area contributed by atoms with E-state index in [2.05, 4.69) is 15.4 Å². The number of fused-ring (bicyclic) bond motifs is 3. The molecule has 0 spiro atoms. The molecule has 0 aliphatic rings. The van der Waals surface area contributed by atoms with Crippen molar-refractivity contribution in [2.45, 2.75) is 20.4 Å². The molecule has 0 radical (unpaired) electrons. The smallest absolute Gasteiger partial charge is 0.324 e. The average molecular weight is 382 g/mol. The van der Waals surface area contributed by atoms with Crippen molar-refractivity contribution in [3.05, 3.63) is 69.4 Å². The molecule has 0 atom stereocenters. The van der Waals surface area contributed by atoms with Crippen LogP contribution in [0.1, 0.15) is 11.1 Å². The van der Waals surface area contributed by atoms with E-state index in [0.29, 0.717) is 27.3 Å². The second kappa shape index (κ2) is 6.51. The minimum atomic E-state index is -0.436. The van der Waals surface area contributed by atoms with Gasteiger partial charge in [0.05, 0.1) is 5.52 Å². The van der Waals surface area contributed by atoms with Crippen molar-refractivity contribution in [3.63, 3.8) is 0 Å². The van der Waals surface area contributed by atoms with Crippen LogP contribution in [0.3, 0.4) is 0 Å². The van der Waals surface area contributed by atoms with Crippen molar-refractivity contribution in [1.29, 1.82) is 0 Å². The lowest BCUT2D eigenvalue weighted by molar-refractivity contribution is -0.117. The summed E-state index contributed by atoms with van der Waals surface area (Å²) in [6, 6.07) is 10.8. The molecule has 27 heavy (non-hydrogen) atoms. The standard InChI is InChI=1S/C19H16ClN5O2/c1-11-3-5-14(7-12(11)2)22-17(26)9-25-19(27)24-10-21-16-6-4-13(20)8-15(16)18(24)23-25/h3-8,10H,9H2,1-2H3,(H,22,26). The molecule has 4 aromatic rings. The van der Waals surface area contributed by atoms with E-state index in [1.54, 1.807) is 18.2 Å². The zero-order valence-corrected chi connectivity index (χ0v) is 15.5. The molecular weight excluding hydrogens is 366 g/mol. The normalized spacial score (nSPS) is 11.2. The Morgan fingerprint density at radius 1 is 1.15 bits per heavy atom. The van der Waals surface area contributed by atoms with Crippen molar-refractivity contribution < 1.29 is 4.79 Å². The topological polar surface area (TPSA) is 81.3 Å². The fourth-order valence-corrected chi connectivity index (χ4v) is 3.06. The predicted molar refractivity (Wildman–Crippen MR) is 104 cm³/mol. The summed E-state index contributed by atoms with van der Waals surface area (Å²) in [7, 11) is 0. The molecule has 2 aromatic carbocycles. The summed E-state index contributed by atoms with van der Waals surface area (Å²) >= 11 is 6.05. The maximum Gasteiger partial charge on any atom is 0.352 e. The highest BCUT2D eigenvalue weighted by atomic mass is 35.5. The van der Waals surface area contributed by atoms with E-state index in [1.807, 2.05) is 32.0 Å². The first-order valence-electron chi connectivity index (χ1n) is 8.33. The zero-order chi connectivity index (χ0) is 19.1. The number of nitrogens with one attached hydrogen (secondary N) is 1. The van der Waals surface area contributed by atoms with E-state index in [-0.39, 0.29) is 12.5 Å².